The molecular weight excluding hydrogens is 522 g/mol. The van der Waals surface area contributed by atoms with E-state index in [1.54, 1.807) is 0 Å². The van der Waals surface area contributed by atoms with Crippen molar-refractivity contribution in [2.45, 2.75) is 13.8 Å². The molecule has 3 nitrogen and oxygen atoms in total. The normalized spacial score (nSPS) is 11.5. The minimum absolute atomic E-state index is 1.11. The van der Waals surface area contributed by atoms with Gasteiger partial charge in [0.15, 0.2) is 0 Å². The van der Waals surface area contributed by atoms with Crippen molar-refractivity contribution in [3.05, 3.63) is 163 Å². The van der Waals surface area contributed by atoms with Crippen LogP contribution >= 0.6 is 0 Å². The third kappa shape index (κ3) is 4.21. The summed E-state index contributed by atoms with van der Waals surface area (Å²) in [5.41, 5.74) is 11.8. The van der Waals surface area contributed by atoms with E-state index in [9.17, 15) is 0 Å². The smallest absolute Gasteiger partial charge is 0.0788 e. The van der Waals surface area contributed by atoms with Gasteiger partial charge in [0.2, 0.25) is 0 Å². The van der Waals surface area contributed by atoms with Gasteiger partial charge in [-0.2, -0.15) is 0 Å². The molecule has 0 aliphatic rings. The fourth-order valence-electron chi connectivity index (χ4n) is 6.35. The summed E-state index contributed by atoms with van der Waals surface area (Å²) in [6, 6.07) is 52.6. The highest BCUT2D eigenvalue weighted by atomic mass is 15.1. The second-order valence-electron chi connectivity index (χ2n) is 11.3. The Hall–Kier alpha value is -5.54. The number of aromatic nitrogens is 2. The van der Waals surface area contributed by atoms with Crippen molar-refractivity contribution >= 4 is 49.8 Å². The van der Waals surface area contributed by atoms with E-state index in [-0.39, 0.29) is 0 Å². The van der Waals surface area contributed by atoms with Gasteiger partial charge in [-0.1, -0.05) is 90.0 Å². The third-order valence-electron chi connectivity index (χ3n) is 8.45. The van der Waals surface area contributed by atoms with Gasteiger partial charge in [-0.3, -0.25) is 0 Å². The second kappa shape index (κ2) is 10.1. The van der Waals surface area contributed by atoms with Crippen molar-refractivity contribution in [3.63, 3.8) is 0 Å². The summed E-state index contributed by atoms with van der Waals surface area (Å²) < 4.78 is 4.76. The molecule has 6 aromatic carbocycles. The standard InChI is InChI=1S/C40H31N3/c1-28-15-20-32(21-16-28)42(33-22-17-29(2)18-23-33)34-11-8-12-35(27-34)43-38-14-7-6-13-36(38)37-24-19-30-25-26-41(39(30)40(37)43)31-9-4-3-5-10-31/h3-27H,1-2H3. The van der Waals surface area contributed by atoms with E-state index in [1.807, 2.05) is 0 Å². The zero-order valence-electron chi connectivity index (χ0n) is 24.3. The second-order valence-corrected chi connectivity index (χ2v) is 11.3. The van der Waals surface area contributed by atoms with Crippen molar-refractivity contribution < 1.29 is 0 Å². The van der Waals surface area contributed by atoms with E-state index in [4.69, 9.17) is 0 Å². The Morgan fingerprint density at radius 3 is 1.84 bits per heavy atom. The number of benzene rings is 6. The molecule has 0 atom stereocenters. The Morgan fingerprint density at radius 2 is 1.12 bits per heavy atom. The molecule has 3 heteroatoms. The van der Waals surface area contributed by atoms with Crippen LogP contribution in [0.4, 0.5) is 17.1 Å². The fraction of sp³-hybridized carbons (Fsp3) is 0.0500. The third-order valence-corrected chi connectivity index (χ3v) is 8.45. The molecule has 8 rings (SSSR count). The highest BCUT2D eigenvalue weighted by Gasteiger charge is 2.19. The lowest BCUT2D eigenvalue weighted by atomic mass is 10.1. The molecule has 2 aromatic heterocycles. The lowest BCUT2D eigenvalue weighted by molar-refractivity contribution is 1.11. The quantitative estimate of drug-likeness (QED) is 0.207. The van der Waals surface area contributed by atoms with Gasteiger partial charge in [0.25, 0.3) is 0 Å². The Labute approximate surface area is 251 Å². The Bertz CT molecular complexity index is 2190. The fourth-order valence-corrected chi connectivity index (χ4v) is 6.35. The van der Waals surface area contributed by atoms with E-state index < -0.39 is 0 Å². The first-order chi connectivity index (χ1) is 21.2. The van der Waals surface area contributed by atoms with Gasteiger partial charge in [0.05, 0.1) is 16.6 Å². The number of para-hydroxylation sites is 2. The molecule has 0 bridgehead atoms. The van der Waals surface area contributed by atoms with Gasteiger partial charge in [0.1, 0.15) is 0 Å². The first kappa shape index (κ1) is 25.2. The summed E-state index contributed by atoms with van der Waals surface area (Å²) in [5.74, 6) is 0. The molecule has 206 valence electrons. The average molecular weight is 554 g/mol. The number of hydrogen-bond acceptors (Lipinski definition) is 1. The Balaban J connectivity index is 1.41. The van der Waals surface area contributed by atoms with Crippen molar-refractivity contribution in [2.75, 3.05) is 4.90 Å². The van der Waals surface area contributed by atoms with Crippen LogP contribution in [0.1, 0.15) is 11.1 Å². The molecule has 0 saturated carbocycles. The van der Waals surface area contributed by atoms with Crippen molar-refractivity contribution in [2.24, 2.45) is 0 Å². The van der Waals surface area contributed by atoms with Gasteiger partial charge < -0.3 is 14.0 Å². The van der Waals surface area contributed by atoms with E-state index >= 15 is 0 Å². The summed E-state index contributed by atoms with van der Waals surface area (Å²) in [5, 5.41) is 3.72. The van der Waals surface area contributed by atoms with Crippen LogP contribution in [-0.2, 0) is 0 Å². The first-order valence-electron chi connectivity index (χ1n) is 14.8. The SMILES string of the molecule is Cc1ccc(N(c2ccc(C)cc2)c2cccc(-n3c4ccccc4c4ccc5ccn(-c6ccccc6)c5c43)c2)cc1. The molecular formula is C40H31N3. The number of hydrogen-bond donors (Lipinski definition) is 0. The van der Waals surface area contributed by atoms with Crippen LogP contribution in [-0.4, -0.2) is 9.13 Å². The van der Waals surface area contributed by atoms with Crippen LogP contribution in [0.15, 0.2) is 152 Å². The van der Waals surface area contributed by atoms with Gasteiger partial charge in [-0.15, -0.1) is 0 Å². The molecule has 0 aliphatic heterocycles. The van der Waals surface area contributed by atoms with Gasteiger partial charge >= 0.3 is 0 Å². The number of fused-ring (bicyclic) bond motifs is 5. The lowest BCUT2D eigenvalue weighted by Gasteiger charge is -2.26. The van der Waals surface area contributed by atoms with E-state index in [0.29, 0.717) is 0 Å². The maximum atomic E-state index is 2.44. The number of anilines is 3. The summed E-state index contributed by atoms with van der Waals surface area (Å²) in [6.45, 7) is 4.27. The monoisotopic (exact) mass is 553 g/mol. The van der Waals surface area contributed by atoms with E-state index in [0.717, 1.165) is 28.4 Å². The van der Waals surface area contributed by atoms with Gasteiger partial charge in [0, 0.05) is 50.8 Å². The van der Waals surface area contributed by atoms with Crippen molar-refractivity contribution in [3.8, 4) is 11.4 Å². The molecule has 0 fully saturated rings. The minimum atomic E-state index is 1.11. The predicted octanol–water partition coefficient (Wildman–Crippen LogP) is 10.8. The van der Waals surface area contributed by atoms with E-state index in [1.165, 1.54) is 43.8 Å². The summed E-state index contributed by atoms with van der Waals surface area (Å²) in [7, 11) is 0. The zero-order chi connectivity index (χ0) is 28.9. The Kier molecular flexibility index (Phi) is 5.90. The number of rotatable bonds is 5. The molecule has 0 spiro atoms. The molecule has 8 aromatic rings. The van der Waals surface area contributed by atoms with Crippen molar-refractivity contribution in [1.82, 2.24) is 9.13 Å². The van der Waals surface area contributed by atoms with Crippen LogP contribution in [0.2, 0.25) is 0 Å². The number of nitrogens with zero attached hydrogens (tertiary/aromatic N) is 3. The van der Waals surface area contributed by atoms with Gasteiger partial charge in [-0.25, -0.2) is 0 Å². The molecule has 0 radical (unpaired) electrons. The summed E-state index contributed by atoms with van der Waals surface area (Å²) >= 11 is 0. The summed E-state index contributed by atoms with van der Waals surface area (Å²) in [4.78, 5) is 2.35. The molecule has 0 saturated heterocycles. The molecule has 0 unspecified atom stereocenters. The van der Waals surface area contributed by atoms with Crippen LogP contribution in [0, 0.1) is 13.8 Å². The molecule has 0 amide bonds. The first-order valence-corrected chi connectivity index (χ1v) is 14.8. The van der Waals surface area contributed by atoms with Crippen LogP contribution < -0.4 is 4.90 Å². The van der Waals surface area contributed by atoms with Crippen LogP contribution in [0.5, 0.6) is 0 Å². The number of aryl methyl sites for hydroxylation is 2. The molecule has 0 N–H and O–H groups in total. The van der Waals surface area contributed by atoms with Crippen LogP contribution in [0.25, 0.3) is 44.1 Å². The molecule has 0 aliphatic carbocycles. The van der Waals surface area contributed by atoms with Gasteiger partial charge in [-0.05, 0) is 80.6 Å². The van der Waals surface area contributed by atoms with Crippen molar-refractivity contribution in [1.29, 1.82) is 0 Å². The largest absolute Gasteiger partial charge is 0.315 e. The average Bonchev–Trinajstić information content (AvgIpc) is 3.63. The maximum Gasteiger partial charge on any atom is 0.0788 e. The highest BCUT2D eigenvalue weighted by Crippen LogP contribution is 2.40. The minimum Gasteiger partial charge on any atom is -0.315 e. The van der Waals surface area contributed by atoms with Crippen LogP contribution in [0.3, 0.4) is 0 Å². The summed E-state index contributed by atoms with van der Waals surface area (Å²) in [6.07, 6.45) is 2.19. The molecule has 43 heavy (non-hydrogen) atoms. The topological polar surface area (TPSA) is 13.1 Å². The Morgan fingerprint density at radius 1 is 0.465 bits per heavy atom. The lowest BCUT2D eigenvalue weighted by Crippen LogP contribution is -2.10. The van der Waals surface area contributed by atoms with E-state index in [2.05, 4.69) is 180 Å². The highest BCUT2D eigenvalue weighted by molar-refractivity contribution is 6.18. The predicted molar refractivity (Wildman–Crippen MR) is 182 cm³/mol. The molecule has 2 heterocycles. The zero-order valence-corrected chi connectivity index (χ0v) is 24.3. The maximum absolute atomic E-state index is 2.44.